The van der Waals surface area contributed by atoms with Gasteiger partial charge in [-0.25, -0.2) is 9.97 Å². The molecule has 1 aliphatic carbocycles. The van der Waals surface area contributed by atoms with Crippen LogP contribution in [0.3, 0.4) is 0 Å². The topological polar surface area (TPSA) is 50.3 Å². The van der Waals surface area contributed by atoms with E-state index in [4.69, 9.17) is 4.74 Å². The van der Waals surface area contributed by atoms with Gasteiger partial charge in [0.2, 0.25) is 5.75 Å². The highest BCUT2D eigenvalue weighted by Crippen LogP contribution is 2.35. The minimum atomic E-state index is 0.591. The number of rotatable bonds is 6. The summed E-state index contributed by atoms with van der Waals surface area (Å²) in [5.74, 6) is 2.42. The summed E-state index contributed by atoms with van der Waals surface area (Å²) in [5.41, 5.74) is 0. The first-order valence-corrected chi connectivity index (χ1v) is 6.63. The van der Waals surface area contributed by atoms with Crippen molar-refractivity contribution in [1.82, 2.24) is 9.97 Å². The van der Waals surface area contributed by atoms with Crippen LogP contribution in [0.25, 0.3) is 0 Å². The lowest BCUT2D eigenvalue weighted by Crippen LogP contribution is -2.37. The summed E-state index contributed by atoms with van der Waals surface area (Å²) in [7, 11) is 3.76. The van der Waals surface area contributed by atoms with Crippen molar-refractivity contribution in [3.8, 4) is 5.75 Å². The Morgan fingerprint density at radius 2 is 2.22 bits per heavy atom. The number of aromatic nitrogens is 2. The van der Waals surface area contributed by atoms with E-state index < -0.39 is 0 Å². The highest BCUT2D eigenvalue weighted by atomic mass is 16.5. The van der Waals surface area contributed by atoms with E-state index in [0.29, 0.717) is 6.04 Å². The zero-order chi connectivity index (χ0) is 13.0. The Morgan fingerprint density at radius 1 is 1.44 bits per heavy atom. The fraction of sp³-hybridized carbons (Fsp3) is 0.692. The smallest absolute Gasteiger partial charge is 0.204 e. The number of nitrogens with one attached hydrogen (secondary N) is 1. The third-order valence-electron chi connectivity index (χ3n) is 3.49. The van der Waals surface area contributed by atoms with Gasteiger partial charge in [-0.05, 0) is 25.7 Å². The maximum Gasteiger partial charge on any atom is 0.204 e. The fourth-order valence-electron chi connectivity index (χ4n) is 2.12. The molecule has 5 nitrogen and oxygen atoms in total. The van der Waals surface area contributed by atoms with Gasteiger partial charge in [0.1, 0.15) is 6.33 Å². The summed E-state index contributed by atoms with van der Waals surface area (Å²) in [6.07, 6.45) is 6.44. The van der Waals surface area contributed by atoms with Gasteiger partial charge in [0.05, 0.1) is 7.11 Å². The quantitative estimate of drug-likeness (QED) is 0.839. The monoisotopic (exact) mass is 250 g/mol. The zero-order valence-corrected chi connectivity index (χ0v) is 11.4. The van der Waals surface area contributed by atoms with Gasteiger partial charge in [-0.1, -0.05) is 6.92 Å². The summed E-state index contributed by atoms with van der Waals surface area (Å²) in [4.78, 5) is 10.8. The maximum atomic E-state index is 5.48. The van der Waals surface area contributed by atoms with Crippen LogP contribution in [-0.4, -0.2) is 36.7 Å². The Kier molecular flexibility index (Phi) is 4.23. The molecular weight excluding hydrogens is 228 g/mol. The van der Waals surface area contributed by atoms with Gasteiger partial charge in [0.15, 0.2) is 11.6 Å². The molecule has 0 unspecified atom stereocenters. The van der Waals surface area contributed by atoms with Crippen LogP contribution < -0.4 is 15.0 Å². The molecule has 0 bridgehead atoms. The second kappa shape index (κ2) is 5.89. The van der Waals surface area contributed by atoms with E-state index >= 15 is 0 Å². The summed E-state index contributed by atoms with van der Waals surface area (Å²) in [5, 5.41) is 3.28. The molecule has 1 fully saturated rings. The van der Waals surface area contributed by atoms with Gasteiger partial charge >= 0.3 is 0 Å². The first-order chi connectivity index (χ1) is 8.77. The minimum Gasteiger partial charge on any atom is -0.490 e. The van der Waals surface area contributed by atoms with Crippen molar-refractivity contribution in [3.63, 3.8) is 0 Å². The van der Waals surface area contributed by atoms with Gasteiger partial charge in [0, 0.05) is 19.6 Å². The van der Waals surface area contributed by atoms with Crippen molar-refractivity contribution in [2.75, 3.05) is 30.9 Å². The lowest BCUT2D eigenvalue weighted by molar-refractivity contribution is 0.383. The van der Waals surface area contributed by atoms with E-state index in [1.165, 1.54) is 19.3 Å². The fourth-order valence-corrected chi connectivity index (χ4v) is 2.12. The number of nitrogens with zero attached hydrogens (tertiary/aromatic N) is 3. The summed E-state index contributed by atoms with van der Waals surface area (Å²) in [6, 6.07) is 0.591. The normalized spacial score (nSPS) is 15.1. The third-order valence-corrected chi connectivity index (χ3v) is 3.49. The summed E-state index contributed by atoms with van der Waals surface area (Å²) < 4.78 is 5.48. The zero-order valence-electron chi connectivity index (χ0n) is 11.4. The Bertz CT molecular complexity index is 393. The van der Waals surface area contributed by atoms with Crippen LogP contribution in [-0.2, 0) is 0 Å². The number of anilines is 2. The molecule has 1 aromatic heterocycles. The molecule has 5 heteroatoms. The molecule has 1 saturated carbocycles. The third kappa shape index (κ3) is 2.49. The van der Waals surface area contributed by atoms with Crippen molar-refractivity contribution in [2.45, 2.75) is 38.6 Å². The van der Waals surface area contributed by atoms with E-state index in [1.54, 1.807) is 13.4 Å². The van der Waals surface area contributed by atoms with Crippen LogP contribution in [0, 0.1) is 0 Å². The standard InChI is InChI=1S/C13H22N4O/c1-4-8-14-12-11(18-3)13(16-9-15-12)17(2)10-6-5-7-10/h9-10H,4-8H2,1-3H3,(H,14,15,16). The Hall–Kier alpha value is -1.52. The highest BCUT2D eigenvalue weighted by molar-refractivity contribution is 5.64. The Morgan fingerprint density at radius 3 is 2.78 bits per heavy atom. The van der Waals surface area contributed by atoms with Crippen molar-refractivity contribution in [1.29, 1.82) is 0 Å². The minimum absolute atomic E-state index is 0.591. The first-order valence-electron chi connectivity index (χ1n) is 6.63. The molecule has 1 N–H and O–H groups in total. The largest absolute Gasteiger partial charge is 0.490 e. The second-order valence-electron chi connectivity index (χ2n) is 4.70. The van der Waals surface area contributed by atoms with Crippen LogP contribution in [0.2, 0.25) is 0 Å². The molecule has 0 aromatic carbocycles. The van der Waals surface area contributed by atoms with E-state index in [2.05, 4.69) is 34.2 Å². The molecule has 1 aromatic rings. The van der Waals surface area contributed by atoms with Crippen LogP contribution in [0.4, 0.5) is 11.6 Å². The lowest BCUT2D eigenvalue weighted by atomic mass is 9.92. The second-order valence-corrected chi connectivity index (χ2v) is 4.70. The van der Waals surface area contributed by atoms with E-state index in [-0.39, 0.29) is 0 Å². The van der Waals surface area contributed by atoms with Crippen molar-refractivity contribution >= 4 is 11.6 Å². The molecule has 0 aliphatic heterocycles. The Balaban J connectivity index is 2.22. The molecule has 0 atom stereocenters. The van der Waals surface area contributed by atoms with Crippen LogP contribution in [0.5, 0.6) is 5.75 Å². The maximum absolute atomic E-state index is 5.48. The molecule has 18 heavy (non-hydrogen) atoms. The molecule has 100 valence electrons. The highest BCUT2D eigenvalue weighted by Gasteiger charge is 2.26. The SMILES string of the molecule is CCCNc1ncnc(N(C)C2CCC2)c1OC. The van der Waals surface area contributed by atoms with Crippen LogP contribution in [0.15, 0.2) is 6.33 Å². The van der Waals surface area contributed by atoms with Gasteiger partial charge in [0.25, 0.3) is 0 Å². The van der Waals surface area contributed by atoms with E-state index in [0.717, 1.165) is 30.4 Å². The molecule has 0 radical (unpaired) electrons. The summed E-state index contributed by atoms with van der Waals surface area (Å²) in [6.45, 7) is 3.02. The van der Waals surface area contributed by atoms with Gasteiger partial charge in [-0.2, -0.15) is 0 Å². The Labute approximate surface area is 109 Å². The molecule has 2 rings (SSSR count). The number of ether oxygens (including phenoxy) is 1. The predicted molar refractivity (Wildman–Crippen MR) is 73.4 cm³/mol. The summed E-state index contributed by atoms with van der Waals surface area (Å²) >= 11 is 0. The number of hydrogen-bond donors (Lipinski definition) is 1. The number of methoxy groups -OCH3 is 1. The molecule has 0 saturated heterocycles. The molecule has 0 spiro atoms. The van der Waals surface area contributed by atoms with E-state index in [9.17, 15) is 0 Å². The van der Waals surface area contributed by atoms with Gasteiger partial charge in [-0.3, -0.25) is 0 Å². The first kappa shape index (κ1) is 12.9. The number of hydrogen-bond acceptors (Lipinski definition) is 5. The van der Waals surface area contributed by atoms with Crippen molar-refractivity contribution in [3.05, 3.63) is 6.33 Å². The molecule has 1 heterocycles. The molecule has 0 amide bonds. The van der Waals surface area contributed by atoms with E-state index in [1.807, 2.05) is 0 Å². The lowest BCUT2D eigenvalue weighted by Gasteiger charge is -2.36. The molecule has 1 aliphatic rings. The van der Waals surface area contributed by atoms with Crippen molar-refractivity contribution < 1.29 is 4.74 Å². The van der Waals surface area contributed by atoms with Crippen LogP contribution in [0.1, 0.15) is 32.6 Å². The average molecular weight is 250 g/mol. The van der Waals surface area contributed by atoms with Gasteiger partial charge < -0.3 is 15.0 Å². The predicted octanol–water partition coefficient (Wildman–Crippen LogP) is 2.30. The van der Waals surface area contributed by atoms with Crippen LogP contribution >= 0.6 is 0 Å². The van der Waals surface area contributed by atoms with Crippen molar-refractivity contribution in [2.24, 2.45) is 0 Å². The molecular formula is C13H22N4O. The average Bonchev–Trinajstić information content (AvgIpc) is 2.33. The van der Waals surface area contributed by atoms with Gasteiger partial charge in [-0.15, -0.1) is 0 Å².